The molecule has 0 heterocycles. The number of benzene rings is 3. The van der Waals surface area contributed by atoms with E-state index in [1.54, 1.807) is 30.3 Å². The Hall–Kier alpha value is -3.03. The van der Waals surface area contributed by atoms with Gasteiger partial charge in [-0.1, -0.05) is 61.8 Å². The number of nitrogens with one attached hydrogen (secondary N) is 1. The highest BCUT2D eigenvalue weighted by Gasteiger charge is 2.28. The Morgan fingerprint density at radius 1 is 1.06 bits per heavy atom. The van der Waals surface area contributed by atoms with E-state index in [9.17, 15) is 13.2 Å². The van der Waals surface area contributed by atoms with E-state index in [1.807, 2.05) is 39.0 Å². The van der Waals surface area contributed by atoms with Crippen molar-refractivity contribution in [1.82, 2.24) is 0 Å². The van der Waals surface area contributed by atoms with E-state index in [2.05, 4.69) is 5.32 Å². The van der Waals surface area contributed by atoms with Crippen molar-refractivity contribution in [2.24, 2.45) is 0 Å². The van der Waals surface area contributed by atoms with Gasteiger partial charge in [-0.15, -0.1) is 0 Å². The molecule has 0 aliphatic carbocycles. The number of carbonyl (C=O) groups excluding carboxylic acids is 1. The van der Waals surface area contributed by atoms with Crippen LogP contribution in [-0.4, -0.2) is 28.0 Å². The number of anilines is 2. The Morgan fingerprint density at radius 3 is 2.36 bits per heavy atom. The summed E-state index contributed by atoms with van der Waals surface area (Å²) < 4.78 is 33.2. The molecule has 0 unspecified atom stereocenters. The van der Waals surface area contributed by atoms with Crippen LogP contribution in [0.4, 0.5) is 11.4 Å². The summed E-state index contributed by atoms with van der Waals surface area (Å²) in [7, 11) is -2.57. The summed E-state index contributed by atoms with van der Waals surface area (Å²) in [4.78, 5) is 13.2. The fourth-order valence-corrected chi connectivity index (χ4v) is 5.18. The van der Waals surface area contributed by atoms with Crippen LogP contribution in [0.15, 0.2) is 71.6 Å². The molecular formula is C25H27ClN2O4S. The highest BCUT2D eigenvalue weighted by atomic mass is 35.5. The topological polar surface area (TPSA) is 75.7 Å². The number of para-hydroxylation sites is 1. The maximum absolute atomic E-state index is 13.5. The standard InChI is InChI=1S/C25H27ClN2O4S/c1-17(2)21-12-8-9-18(3)25(21)27-24(29)16-28(19-13-14-23(32-4)22(26)15-19)33(30,31)20-10-6-5-7-11-20/h5-15,17H,16H2,1-4H3,(H,27,29). The molecule has 0 aliphatic rings. The molecule has 0 aliphatic heterocycles. The van der Waals surface area contributed by atoms with Crippen molar-refractivity contribution < 1.29 is 17.9 Å². The first-order valence-electron chi connectivity index (χ1n) is 10.5. The van der Waals surface area contributed by atoms with E-state index >= 15 is 0 Å². The van der Waals surface area contributed by atoms with Crippen molar-refractivity contribution in [2.75, 3.05) is 23.3 Å². The first kappa shape index (κ1) is 24.6. The molecule has 0 aromatic heterocycles. The SMILES string of the molecule is COc1ccc(N(CC(=O)Nc2c(C)cccc2C(C)C)S(=O)(=O)c2ccccc2)cc1Cl. The zero-order valence-electron chi connectivity index (χ0n) is 19.0. The summed E-state index contributed by atoms with van der Waals surface area (Å²) in [5, 5.41) is 3.16. The second-order valence-electron chi connectivity index (χ2n) is 7.89. The predicted octanol–water partition coefficient (Wildman–Crippen LogP) is 5.61. The van der Waals surface area contributed by atoms with Crippen LogP contribution < -0.4 is 14.4 Å². The number of amides is 1. The van der Waals surface area contributed by atoms with Gasteiger partial charge in [0, 0.05) is 5.69 Å². The average molecular weight is 487 g/mol. The summed E-state index contributed by atoms with van der Waals surface area (Å²) in [6.07, 6.45) is 0. The molecule has 174 valence electrons. The van der Waals surface area contributed by atoms with Gasteiger partial charge in [-0.05, 0) is 54.3 Å². The van der Waals surface area contributed by atoms with Gasteiger partial charge >= 0.3 is 0 Å². The molecule has 8 heteroatoms. The second-order valence-corrected chi connectivity index (χ2v) is 10.2. The normalized spacial score (nSPS) is 11.3. The minimum absolute atomic E-state index is 0.0727. The van der Waals surface area contributed by atoms with Crippen molar-refractivity contribution in [3.63, 3.8) is 0 Å². The molecule has 1 amide bonds. The van der Waals surface area contributed by atoms with E-state index in [0.717, 1.165) is 15.4 Å². The molecule has 6 nitrogen and oxygen atoms in total. The summed E-state index contributed by atoms with van der Waals surface area (Å²) in [6.45, 7) is 5.56. The average Bonchev–Trinajstić information content (AvgIpc) is 2.79. The zero-order chi connectivity index (χ0) is 24.2. The number of halogens is 1. The summed E-state index contributed by atoms with van der Waals surface area (Å²) in [5.41, 5.74) is 2.84. The number of aryl methyl sites for hydroxylation is 1. The minimum Gasteiger partial charge on any atom is -0.495 e. The highest BCUT2D eigenvalue weighted by molar-refractivity contribution is 7.92. The largest absolute Gasteiger partial charge is 0.495 e. The van der Waals surface area contributed by atoms with E-state index in [1.165, 1.54) is 25.3 Å². The molecular weight excluding hydrogens is 460 g/mol. The molecule has 0 saturated heterocycles. The number of hydrogen-bond acceptors (Lipinski definition) is 4. The molecule has 0 radical (unpaired) electrons. The van der Waals surface area contributed by atoms with E-state index in [-0.39, 0.29) is 21.5 Å². The number of carbonyl (C=O) groups is 1. The minimum atomic E-state index is -4.04. The Labute approximate surface area is 200 Å². The van der Waals surface area contributed by atoms with E-state index in [0.29, 0.717) is 11.4 Å². The Balaban J connectivity index is 2.01. The third-order valence-corrected chi connectivity index (χ3v) is 7.32. The number of methoxy groups -OCH3 is 1. The van der Waals surface area contributed by atoms with E-state index < -0.39 is 22.5 Å². The molecule has 3 aromatic carbocycles. The quantitative estimate of drug-likeness (QED) is 0.448. The van der Waals surface area contributed by atoms with Gasteiger partial charge in [-0.2, -0.15) is 0 Å². The van der Waals surface area contributed by atoms with Crippen LogP contribution in [0.2, 0.25) is 5.02 Å². The van der Waals surface area contributed by atoms with Gasteiger partial charge in [-0.3, -0.25) is 9.10 Å². The molecule has 0 bridgehead atoms. The number of sulfonamides is 1. The first-order valence-corrected chi connectivity index (χ1v) is 12.3. The predicted molar refractivity (Wildman–Crippen MR) is 133 cm³/mol. The van der Waals surface area contributed by atoms with Gasteiger partial charge in [-0.25, -0.2) is 8.42 Å². The van der Waals surface area contributed by atoms with Crippen LogP contribution in [-0.2, 0) is 14.8 Å². The number of rotatable bonds is 8. The monoisotopic (exact) mass is 486 g/mol. The van der Waals surface area contributed by atoms with Gasteiger partial charge < -0.3 is 10.1 Å². The fraction of sp³-hybridized carbons (Fsp3) is 0.240. The third-order valence-electron chi connectivity index (χ3n) is 5.23. The van der Waals surface area contributed by atoms with E-state index in [4.69, 9.17) is 16.3 Å². The molecule has 0 fully saturated rings. The third kappa shape index (κ3) is 5.49. The fourth-order valence-electron chi connectivity index (χ4n) is 3.50. The number of ether oxygens (including phenoxy) is 1. The maximum atomic E-state index is 13.5. The smallest absolute Gasteiger partial charge is 0.264 e. The lowest BCUT2D eigenvalue weighted by molar-refractivity contribution is -0.114. The summed E-state index contributed by atoms with van der Waals surface area (Å²) in [5.74, 6) is 0.130. The van der Waals surface area contributed by atoms with Crippen molar-refractivity contribution in [2.45, 2.75) is 31.6 Å². The lowest BCUT2D eigenvalue weighted by Crippen LogP contribution is -2.38. The van der Waals surface area contributed by atoms with Gasteiger partial charge in [0.1, 0.15) is 12.3 Å². The summed E-state index contributed by atoms with van der Waals surface area (Å²) >= 11 is 6.27. The van der Waals surface area contributed by atoms with Crippen molar-refractivity contribution in [3.05, 3.63) is 82.9 Å². The highest BCUT2D eigenvalue weighted by Crippen LogP contribution is 2.32. The molecule has 3 aromatic rings. The van der Waals surface area contributed by atoms with Gasteiger partial charge in [0.25, 0.3) is 10.0 Å². The van der Waals surface area contributed by atoms with Crippen molar-refractivity contribution in [3.8, 4) is 5.75 Å². The van der Waals surface area contributed by atoms with Crippen LogP contribution in [0, 0.1) is 6.92 Å². The number of hydrogen-bond donors (Lipinski definition) is 1. The number of nitrogens with zero attached hydrogens (tertiary/aromatic N) is 1. The van der Waals surface area contributed by atoms with Crippen LogP contribution in [0.1, 0.15) is 30.9 Å². The van der Waals surface area contributed by atoms with Crippen LogP contribution in [0.25, 0.3) is 0 Å². The van der Waals surface area contributed by atoms with Crippen molar-refractivity contribution >= 4 is 38.9 Å². The van der Waals surface area contributed by atoms with Gasteiger partial charge in [0.2, 0.25) is 5.91 Å². The lowest BCUT2D eigenvalue weighted by Gasteiger charge is -2.25. The zero-order valence-corrected chi connectivity index (χ0v) is 20.6. The summed E-state index contributed by atoms with van der Waals surface area (Å²) in [6, 6.07) is 18.4. The molecule has 0 saturated carbocycles. The van der Waals surface area contributed by atoms with Crippen LogP contribution >= 0.6 is 11.6 Å². The molecule has 33 heavy (non-hydrogen) atoms. The molecule has 3 rings (SSSR count). The first-order chi connectivity index (χ1) is 15.6. The van der Waals surface area contributed by atoms with Crippen molar-refractivity contribution in [1.29, 1.82) is 0 Å². The van der Waals surface area contributed by atoms with Crippen LogP contribution in [0.3, 0.4) is 0 Å². The van der Waals surface area contributed by atoms with Gasteiger partial charge in [0.05, 0.1) is 22.7 Å². The molecule has 1 N–H and O–H groups in total. The maximum Gasteiger partial charge on any atom is 0.264 e. The second kappa shape index (κ2) is 10.3. The lowest BCUT2D eigenvalue weighted by atomic mass is 9.98. The molecule has 0 atom stereocenters. The van der Waals surface area contributed by atoms with Gasteiger partial charge in [0.15, 0.2) is 0 Å². The van der Waals surface area contributed by atoms with Crippen LogP contribution in [0.5, 0.6) is 5.75 Å². The Kier molecular flexibility index (Phi) is 7.66. The Bertz CT molecular complexity index is 1240. The molecule has 0 spiro atoms. The Morgan fingerprint density at radius 2 is 1.76 bits per heavy atom.